The SMILES string of the molecule is CC(=O)N1CCN(C(C)C(C)C(=O)NN)CC1. The molecule has 2 amide bonds. The summed E-state index contributed by atoms with van der Waals surface area (Å²) in [6.45, 7) is 8.55. The van der Waals surface area contributed by atoms with Crippen LogP contribution in [0.4, 0.5) is 0 Å². The molecule has 0 saturated carbocycles. The number of hydrazine groups is 1. The van der Waals surface area contributed by atoms with E-state index in [1.54, 1.807) is 6.92 Å². The average molecular weight is 242 g/mol. The van der Waals surface area contributed by atoms with E-state index in [-0.39, 0.29) is 23.8 Å². The second kappa shape index (κ2) is 5.97. The van der Waals surface area contributed by atoms with Gasteiger partial charge in [-0.05, 0) is 6.92 Å². The van der Waals surface area contributed by atoms with E-state index in [1.165, 1.54) is 0 Å². The fourth-order valence-electron chi connectivity index (χ4n) is 2.11. The Hall–Kier alpha value is -1.14. The zero-order valence-electron chi connectivity index (χ0n) is 10.8. The lowest BCUT2D eigenvalue weighted by molar-refractivity contribution is -0.132. The van der Waals surface area contributed by atoms with Gasteiger partial charge in [-0.1, -0.05) is 6.92 Å². The van der Waals surface area contributed by atoms with Crippen molar-refractivity contribution in [3.05, 3.63) is 0 Å². The molecule has 0 aromatic heterocycles. The zero-order valence-corrected chi connectivity index (χ0v) is 10.8. The molecule has 1 aliphatic heterocycles. The molecule has 0 spiro atoms. The Kier molecular flexibility index (Phi) is 4.89. The molecule has 0 bridgehead atoms. The van der Waals surface area contributed by atoms with Crippen molar-refractivity contribution < 1.29 is 9.59 Å². The summed E-state index contributed by atoms with van der Waals surface area (Å²) < 4.78 is 0. The summed E-state index contributed by atoms with van der Waals surface area (Å²) in [6, 6.07) is 0.132. The topological polar surface area (TPSA) is 78.7 Å². The number of carbonyl (C=O) groups is 2. The number of amides is 2. The van der Waals surface area contributed by atoms with Crippen LogP contribution in [0.5, 0.6) is 0 Å². The lowest BCUT2D eigenvalue weighted by Crippen LogP contribution is -2.54. The van der Waals surface area contributed by atoms with E-state index in [1.807, 2.05) is 18.7 Å². The number of hydrogen-bond acceptors (Lipinski definition) is 4. The number of piperazine rings is 1. The molecule has 3 N–H and O–H groups in total. The third-order valence-electron chi connectivity index (χ3n) is 3.61. The highest BCUT2D eigenvalue weighted by atomic mass is 16.2. The fraction of sp³-hybridized carbons (Fsp3) is 0.818. The standard InChI is InChI=1S/C11H22N4O2/c1-8(11(17)13-12)9(2)14-4-6-15(7-5-14)10(3)16/h8-9H,4-7,12H2,1-3H3,(H,13,17). The summed E-state index contributed by atoms with van der Waals surface area (Å²) in [4.78, 5) is 26.7. The highest BCUT2D eigenvalue weighted by Crippen LogP contribution is 2.13. The molecule has 0 radical (unpaired) electrons. The van der Waals surface area contributed by atoms with Crippen LogP contribution in [0.1, 0.15) is 20.8 Å². The summed E-state index contributed by atoms with van der Waals surface area (Å²) in [5.41, 5.74) is 2.18. The largest absolute Gasteiger partial charge is 0.340 e. The smallest absolute Gasteiger partial charge is 0.238 e. The first kappa shape index (κ1) is 13.9. The van der Waals surface area contributed by atoms with Crippen molar-refractivity contribution in [2.45, 2.75) is 26.8 Å². The number of nitrogens with zero attached hydrogens (tertiary/aromatic N) is 2. The van der Waals surface area contributed by atoms with E-state index in [4.69, 9.17) is 5.84 Å². The highest BCUT2D eigenvalue weighted by molar-refractivity contribution is 5.78. The summed E-state index contributed by atoms with van der Waals surface area (Å²) >= 11 is 0. The van der Waals surface area contributed by atoms with Gasteiger partial charge < -0.3 is 4.90 Å². The molecule has 1 aliphatic rings. The van der Waals surface area contributed by atoms with Gasteiger partial charge in [0.15, 0.2) is 0 Å². The Morgan fingerprint density at radius 2 is 1.71 bits per heavy atom. The Labute approximate surface area is 102 Å². The molecule has 0 aromatic rings. The van der Waals surface area contributed by atoms with Crippen LogP contribution in [-0.4, -0.2) is 53.8 Å². The molecule has 1 heterocycles. The van der Waals surface area contributed by atoms with Crippen LogP contribution in [0.3, 0.4) is 0 Å². The van der Waals surface area contributed by atoms with Crippen molar-refractivity contribution in [1.82, 2.24) is 15.2 Å². The van der Waals surface area contributed by atoms with E-state index >= 15 is 0 Å². The molecule has 1 saturated heterocycles. The minimum Gasteiger partial charge on any atom is -0.340 e. The molecule has 2 atom stereocenters. The van der Waals surface area contributed by atoms with Crippen LogP contribution in [0.2, 0.25) is 0 Å². The fourth-order valence-corrected chi connectivity index (χ4v) is 2.11. The summed E-state index contributed by atoms with van der Waals surface area (Å²) in [6.07, 6.45) is 0. The maximum atomic E-state index is 11.4. The minimum absolute atomic E-state index is 0.116. The van der Waals surface area contributed by atoms with E-state index in [0.29, 0.717) is 0 Å². The minimum atomic E-state index is -0.149. The van der Waals surface area contributed by atoms with Crippen molar-refractivity contribution in [2.24, 2.45) is 11.8 Å². The predicted octanol–water partition coefficient (Wildman–Crippen LogP) is -0.835. The molecule has 0 aromatic carbocycles. The maximum Gasteiger partial charge on any atom is 0.238 e. The lowest BCUT2D eigenvalue weighted by atomic mass is 10.0. The Morgan fingerprint density at radius 3 is 2.12 bits per heavy atom. The van der Waals surface area contributed by atoms with E-state index in [0.717, 1.165) is 26.2 Å². The van der Waals surface area contributed by atoms with Gasteiger partial charge in [0, 0.05) is 39.1 Å². The summed E-state index contributed by atoms with van der Waals surface area (Å²) in [5, 5.41) is 0. The van der Waals surface area contributed by atoms with Crippen LogP contribution in [0, 0.1) is 5.92 Å². The Morgan fingerprint density at radius 1 is 1.18 bits per heavy atom. The second-order valence-electron chi connectivity index (χ2n) is 4.58. The van der Waals surface area contributed by atoms with E-state index < -0.39 is 0 Å². The van der Waals surface area contributed by atoms with Gasteiger partial charge in [0.2, 0.25) is 11.8 Å². The third-order valence-corrected chi connectivity index (χ3v) is 3.61. The van der Waals surface area contributed by atoms with Crippen molar-refractivity contribution in [2.75, 3.05) is 26.2 Å². The van der Waals surface area contributed by atoms with Crippen molar-refractivity contribution in [1.29, 1.82) is 0 Å². The maximum absolute atomic E-state index is 11.4. The van der Waals surface area contributed by atoms with Gasteiger partial charge in [-0.15, -0.1) is 0 Å². The number of hydrogen-bond donors (Lipinski definition) is 2. The number of carbonyl (C=O) groups excluding carboxylic acids is 2. The number of nitrogens with two attached hydrogens (primary N) is 1. The van der Waals surface area contributed by atoms with Crippen LogP contribution in [-0.2, 0) is 9.59 Å². The first-order chi connectivity index (χ1) is 7.97. The Balaban J connectivity index is 2.48. The first-order valence-electron chi connectivity index (χ1n) is 5.97. The van der Waals surface area contributed by atoms with Gasteiger partial charge >= 0.3 is 0 Å². The molecule has 2 unspecified atom stereocenters. The van der Waals surface area contributed by atoms with Crippen molar-refractivity contribution in [3.63, 3.8) is 0 Å². The molecule has 6 nitrogen and oxygen atoms in total. The average Bonchev–Trinajstić information content (AvgIpc) is 2.36. The van der Waals surface area contributed by atoms with Gasteiger partial charge in [-0.3, -0.25) is 19.9 Å². The molecular weight excluding hydrogens is 220 g/mol. The number of rotatable bonds is 3. The van der Waals surface area contributed by atoms with Crippen LogP contribution >= 0.6 is 0 Å². The molecule has 0 aliphatic carbocycles. The van der Waals surface area contributed by atoms with Crippen molar-refractivity contribution in [3.8, 4) is 0 Å². The summed E-state index contributed by atoms with van der Waals surface area (Å²) in [7, 11) is 0. The molecular formula is C11H22N4O2. The van der Waals surface area contributed by atoms with Crippen LogP contribution in [0.15, 0.2) is 0 Å². The molecule has 98 valence electrons. The predicted molar refractivity (Wildman–Crippen MR) is 64.8 cm³/mol. The van der Waals surface area contributed by atoms with Crippen LogP contribution in [0.25, 0.3) is 0 Å². The van der Waals surface area contributed by atoms with Crippen LogP contribution < -0.4 is 11.3 Å². The highest BCUT2D eigenvalue weighted by Gasteiger charge is 2.28. The molecule has 1 rings (SSSR count). The second-order valence-corrected chi connectivity index (χ2v) is 4.58. The van der Waals surface area contributed by atoms with Gasteiger partial charge in [0.05, 0.1) is 5.92 Å². The van der Waals surface area contributed by atoms with E-state index in [2.05, 4.69) is 10.3 Å². The quantitative estimate of drug-likeness (QED) is 0.384. The first-order valence-corrected chi connectivity index (χ1v) is 5.97. The van der Waals surface area contributed by atoms with Gasteiger partial charge in [-0.2, -0.15) is 0 Å². The number of nitrogens with one attached hydrogen (secondary N) is 1. The monoisotopic (exact) mass is 242 g/mol. The summed E-state index contributed by atoms with van der Waals surface area (Å²) in [5.74, 6) is 4.95. The zero-order chi connectivity index (χ0) is 13.0. The normalized spacial score (nSPS) is 20.8. The van der Waals surface area contributed by atoms with Gasteiger partial charge in [-0.25, -0.2) is 5.84 Å². The molecule has 1 fully saturated rings. The third kappa shape index (κ3) is 3.41. The van der Waals surface area contributed by atoms with Gasteiger partial charge in [0.1, 0.15) is 0 Å². The molecule has 6 heteroatoms. The van der Waals surface area contributed by atoms with E-state index in [9.17, 15) is 9.59 Å². The Bertz CT molecular complexity index is 287. The van der Waals surface area contributed by atoms with Crippen molar-refractivity contribution >= 4 is 11.8 Å². The van der Waals surface area contributed by atoms with Gasteiger partial charge in [0.25, 0.3) is 0 Å². The molecule has 17 heavy (non-hydrogen) atoms. The lowest BCUT2D eigenvalue weighted by Gasteiger charge is -2.39.